The molecule has 1 aromatic carbocycles. The highest BCUT2D eigenvalue weighted by molar-refractivity contribution is 6.04. The predicted molar refractivity (Wildman–Crippen MR) is 62.8 cm³/mol. The number of benzene rings is 1. The predicted octanol–water partition coefficient (Wildman–Crippen LogP) is 2.08. The zero-order valence-corrected chi connectivity index (χ0v) is 9.60. The summed E-state index contributed by atoms with van der Waals surface area (Å²) in [6.07, 6.45) is -0.156. The number of ketones is 1. The molecule has 0 aromatic heterocycles. The maximum absolute atomic E-state index is 11.8. The molecule has 0 bridgehead atoms. The molecular weight excluding hydrogens is 220 g/mol. The quantitative estimate of drug-likeness (QED) is 0.481. The summed E-state index contributed by atoms with van der Waals surface area (Å²) in [4.78, 5) is 23.0. The average Bonchev–Trinajstić information content (AvgIpc) is 2.29. The minimum Gasteiger partial charge on any atom is -0.507 e. The number of aromatic hydroxyl groups is 1. The maximum atomic E-state index is 11.8. The van der Waals surface area contributed by atoms with Gasteiger partial charge in [0.15, 0.2) is 5.78 Å². The second-order valence-corrected chi connectivity index (χ2v) is 3.44. The third-order valence-electron chi connectivity index (χ3n) is 2.14. The van der Waals surface area contributed by atoms with Crippen LogP contribution in [-0.2, 0) is 9.53 Å². The molecule has 0 saturated heterocycles. The Labute approximate surface area is 99.5 Å². The van der Waals surface area contributed by atoms with E-state index in [9.17, 15) is 14.7 Å². The molecule has 0 fully saturated rings. The summed E-state index contributed by atoms with van der Waals surface area (Å²) >= 11 is 0. The number of ether oxygens (including phenoxy) is 1. The first-order chi connectivity index (χ1) is 8.06. The van der Waals surface area contributed by atoms with E-state index in [4.69, 9.17) is 4.74 Å². The zero-order valence-electron chi connectivity index (χ0n) is 9.60. The van der Waals surface area contributed by atoms with Crippen LogP contribution in [0, 0.1) is 0 Å². The van der Waals surface area contributed by atoms with Crippen molar-refractivity contribution in [3.05, 3.63) is 42.0 Å². The summed E-state index contributed by atoms with van der Waals surface area (Å²) in [6.45, 7) is 5.41. The monoisotopic (exact) mass is 234 g/mol. The molecule has 0 saturated carbocycles. The molecule has 0 radical (unpaired) electrons. The van der Waals surface area contributed by atoms with Gasteiger partial charge in [0.05, 0.1) is 12.2 Å². The molecule has 4 nitrogen and oxygen atoms in total. The van der Waals surface area contributed by atoms with Crippen molar-refractivity contribution in [3.8, 4) is 5.75 Å². The number of esters is 1. The van der Waals surface area contributed by atoms with Crippen LogP contribution in [0.25, 0.3) is 0 Å². The minimum atomic E-state index is -0.587. The van der Waals surface area contributed by atoms with Crippen molar-refractivity contribution in [2.24, 2.45) is 0 Å². The van der Waals surface area contributed by atoms with Crippen molar-refractivity contribution in [3.63, 3.8) is 0 Å². The number of carbonyl (C=O) groups excluding carboxylic acids is 2. The normalized spacial score (nSPS) is 9.71. The van der Waals surface area contributed by atoms with Crippen LogP contribution in [-0.4, -0.2) is 23.5 Å². The summed E-state index contributed by atoms with van der Waals surface area (Å²) in [5, 5.41) is 9.47. The van der Waals surface area contributed by atoms with E-state index in [0.29, 0.717) is 0 Å². The Balaban J connectivity index is 2.71. The molecule has 0 amide bonds. The molecule has 1 aromatic rings. The highest BCUT2D eigenvalue weighted by atomic mass is 16.5. The summed E-state index contributed by atoms with van der Waals surface area (Å²) in [6, 6.07) is 6.17. The van der Waals surface area contributed by atoms with Crippen molar-refractivity contribution in [2.45, 2.75) is 13.3 Å². The molecule has 17 heavy (non-hydrogen) atoms. The molecule has 0 atom stereocenters. The van der Waals surface area contributed by atoms with Crippen LogP contribution in [0.1, 0.15) is 23.7 Å². The molecule has 0 unspecified atom stereocenters. The van der Waals surface area contributed by atoms with E-state index in [1.165, 1.54) is 12.1 Å². The second kappa shape index (κ2) is 5.84. The summed E-state index contributed by atoms with van der Waals surface area (Å²) in [7, 11) is 0. The summed E-state index contributed by atoms with van der Waals surface area (Å²) in [5.74, 6) is -1.05. The molecule has 90 valence electrons. The molecule has 0 aliphatic rings. The van der Waals surface area contributed by atoms with E-state index in [0.717, 1.165) is 0 Å². The lowest BCUT2D eigenvalue weighted by Crippen LogP contribution is -2.11. The first-order valence-corrected chi connectivity index (χ1v) is 5.22. The van der Waals surface area contributed by atoms with Crippen molar-refractivity contribution < 1.29 is 19.4 Å². The van der Waals surface area contributed by atoms with E-state index in [1.54, 1.807) is 19.1 Å². The second-order valence-electron chi connectivity index (χ2n) is 3.44. The van der Waals surface area contributed by atoms with Crippen molar-refractivity contribution in [1.29, 1.82) is 0 Å². The number of hydrogen-bond acceptors (Lipinski definition) is 4. The van der Waals surface area contributed by atoms with Gasteiger partial charge in [-0.15, -0.1) is 0 Å². The number of para-hydroxylation sites is 1. The lowest BCUT2D eigenvalue weighted by atomic mass is 10.0. The lowest BCUT2D eigenvalue weighted by molar-refractivity contribution is -0.138. The number of carbonyl (C=O) groups is 2. The van der Waals surface area contributed by atoms with Gasteiger partial charge in [-0.05, 0) is 19.1 Å². The van der Waals surface area contributed by atoms with Gasteiger partial charge in [0.1, 0.15) is 5.75 Å². The van der Waals surface area contributed by atoms with Gasteiger partial charge in [-0.25, -0.2) is 4.79 Å². The van der Waals surface area contributed by atoms with Crippen molar-refractivity contribution in [1.82, 2.24) is 0 Å². The van der Waals surface area contributed by atoms with Crippen LogP contribution in [0.2, 0.25) is 0 Å². The highest BCUT2D eigenvalue weighted by Crippen LogP contribution is 2.19. The van der Waals surface area contributed by atoms with Gasteiger partial charge in [-0.1, -0.05) is 18.7 Å². The van der Waals surface area contributed by atoms with Gasteiger partial charge in [0, 0.05) is 12.0 Å². The third-order valence-corrected chi connectivity index (χ3v) is 2.14. The van der Waals surface area contributed by atoms with Crippen LogP contribution in [0.4, 0.5) is 0 Å². The topological polar surface area (TPSA) is 63.6 Å². The average molecular weight is 234 g/mol. The molecular formula is C13H14O4. The molecule has 0 heterocycles. The fourth-order valence-corrected chi connectivity index (χ4v) is 1.30. The lowest BCUT2D eigenvalue weighted by Gasteiger charge is -2.05. The zero-order chi connectivity index (χ0) is 12.8. The van der Waals surface area contributed by atoms with Crippen LogP contribution in [0.15, 0.2) is 36.4 Å². The van der Waals surface area contributed by atoms with E-state index in [2.05, 4.69) is 6.58 Å². The number of rotatable bonds is 5. The Kier molecular flexibility index (Phi) is 4.46. The Morgan fingerprint density at radius 1 is 1.35 bits per heavy atom. The highest BCUT2D eigenvalue weighted by Gasteiger charge is 2.16. The van der Waals surface area contributed by atoms with Gasteiger partial charge >= 0.3 is 5.97 Å². The summed E-state index contributed by atoms with van der Waals surface area (Å²) in [5.41, 5.74) is 0.262. The van der Waals surface area contributed by atoms with Gasteiger partial charge in [-0.3, -0.25) is 4.79 Å². The fraction of sp³-hybridized carbons (Fsp3) is 0.231. The van der Waals surface area contributed by atoms with Crippen LogP contribution in [0.3, 0.4) is 0 Å². The van der Waals surface area contributed by atoms with Crippen LogP contribution in [0.5, 0.6) is 5.75 Å². The molecule has 0 spiro atoms. The van der Waals surface area contributed by atoms with Gasteiger partial charge < -0.3 is 9.84 Å². The van der Waals surface area contributed by atoms with E-state index in [-0.39, 0.29) is 35.7 Å². The van der Waals surface area contributed by atoms with Crippen molar-refractivity contribution in [2.75, 3.05) is 6.61 Å². The minimum absolute atomic E-state index is 0.0834. The van der Waals surface area contributed by atoms with Gasteiger partial charge in [-0.2, -0.15) is 0 Å². The smallest absolute Gasteiger partial charge is 0.333 e. The summed E-state index contributed by atoms with van der Waals surface area (Å²) < 4.78 is 4.72. The molecule has 0 aliphatic carbocycles. The SMILES string of the molecule is C=C(CC(=O)c1ccccc1O)C(=O)OCC. The number of phenolic OH excluding ortho intramolecular Hbond substituents is 1. The molecule has 1 N–H and O–H groups in total. The Hall–Kier alpha value is -2.10. The number of phenols is 1. The number of Topliss-reactive ketones (excluding diaryl/α,β-unsaturated/α-hetero) is 1. The molecule has 4 heteroatoms. The maximum Gasteiger partial charge on any atom is 0.333 e. The van der Waals surface area contributed by atoms with Crippen LogP contribution < -0.4 is 0 Å². The first kappa shape index (κ1) is 13.0. The Morgan fingerprint density at radius 3 is 2.59 bits per heavy atom. The molecule has 1 rings (SSSR count). The van der Waals surface area contributed by atoms with E-state index in [1.807, 2.05) is 0 Å². The van der Waals surface area contributed by atoms with Crippen LogP contribution >= 0.6 is 0 Å². The fourth-order valence-electron chi connectivity index (χ4n) is 1.30. The van der Waals surface area contributed by atoms with Gasteiger partial charge in [0.25, 0.3) is 0 Å². The van der Waals surface area contributed by atoms with Gasteiger partial charge in [0.2, 0.25) is 0 Å². The Morgan fingerprint density at radius 2 is 2.00 bits per heavy atom. The van der Waals surface area contributed by atoms with E-state index < -0.39 is 5.97 Å². The molecule has 0 aliphatic heterocycles. The number of hydrogen-bond donors (Lipinski definition) is 1. The Bertz CT molecular complexity index is 448. The largest absolute Gasteiger partial charge is 0.507 e. The standard InChI is InChI=1S/C13H14O4/c1-3-17-13(16)9(2)8-12(15)10-6-4-5-7-11(10)14/h4-7,14H,2-3,8H2,1H3. The van der Waals surface area contributed by atoms with E-state index >= 15 is 0 Å². The third kappa shape index (κ3) is 3.45. The first-order valence-electron chi connectivity index (χ1n) is 5.22. The van der Waals surface area contributed by atoms with Crippen molar-refractivity contribution >= 4 is 11.8 Å².